The molecular formula is C18H16BrF3O3. The van der Waals surface area contributed by atoms with Crippen molar-refractivity contribution in [3.05, 3.63) is 58.1 Å². The third kappa shape index (κ3) is 5.22. The average Bonchev–Trinajstić information content (AvgIpc) is 2.52. The maximum absolute atomic E-state index is 13.2. The number of hydrogen-bond acceptors (Lipinski definition) is 2. The van der Waals surface area contributed by atoms with E-state index in [1.807, 2.05) is 13.0 Å². The third-order valence-electron chi connectivity index (χ3n) is 3.77. The zero-order chi connectivity index (χ0) is 18.6. The summed E-state index contributed by atoms with van der Waals surface area (Å²) in [7, 11) is 0. The van der Waals surface area contributed by atoms with Crippen LogP contribution in [0.25, 0.3) is 0 Å². The van der Waals surface area contributed by atoms with Crippen LogP contribution in [-0.4, -0.2) is 17.3 Å². The topological polar surface area (TPSA) is 46.5 Å². The SMILES string of the molecule is Cc1c(Br)cccc1Oc1ccc([C@@H](CCC(=O)O)C(F)(F)F)cc1. The highest BCUT2D eigenvalue weighted by atomic mass is 79.9. The van der Waals surface area contributed by atoms with Crippen LogP contribution in [-0.2, 0) is 4.79 Å². The van der Waals surface area contributed by atoms with E-state index in [-0.39, 0.29) is 5.56 Å². The number of ether oxygens (including phenoxy) is 1. The Balaban J connectivity index is 2.19. The Morgan fingerprint density at radius 3 is 2.40 bits per heavy atom. The highest BCUT2D eigenvalue weighted by Gasteiger charge is 2.40. The van der Waals surface area contributed by atoms with Crippen molar-refractivity contribution in [2.45, 2.75) is 31.9 Å². The summed E-state index contributed by atoms with van der Waals surface area (Å²) in [5, 5.41) is 8.64. The molecule has 1 atom stereocenters. The summed E-state index contributed by atoms with van der Waals surface area (Å²) >= 11 is 3.39. The van der Waals surface area contributed by atoms with E-state index in [2.05, 4.69) is 15.9 Å². The van der Waals surface area contributed by atoms with Gasteiger partial charge in [-0.05, 0) is 43.2 Å². The second-order valence-electron chi connectivity index (χ2n) is 5.56. The smallest absolute Gasteiger partial charge is 0.395 e. The molecule has 0 aliphatic rings. The monoisotopic (exact) mass is 416 g/mol. The largest absolute Gasteiger partial charge is 0.481 e. The molecule has 0 saturated carbocycles. The number of rotatable bonds is 6. The maximum Gasteiger partial charge on any atom is 0.395 e. The Morgan fingerprint density at radius 2 is 1.84 bits per heavy atom. The lowest BCUT2D eigenvalue weighted by Crippen LogP contribution is -2.21. The van der Waals surface area contributed by atoms with Crippen LogP contribution in [0.2, 0.25) is 0 Å². The second kappa shape index (κ2) is 7.91. The lowest BCUT2D eigenvalue weighted by Gasteiger charge is -2.20. The van der Waals surface area contributed by atoms with Crippen molar-refractivity contribution in [1.82, 2.24) is 0 Å². The number of benzene rings is 2. The fraction of sp³-hybridized carbons (Fsp3) is 0.278. The Labute approximate surface area is 151 Å². The highest BCUT2D eigenvalue weighted by Crippen LogP contribution is 2.39. The summed E-state index contributed by atoms with van der Waals surface area (Å²) in [6.07, 6.45) is -5.54. The number of halogens is 4. The predicted octanol–water partition coefficient (Wildman–Crippen LogP) is 6.06. The van der Waals surface area contributed by atoms with Gasteiger partial charge in [-0.25, -0.2) is 0 Å². The van der Waals surface area contributed by atoms with Crippen LogP contribution in [0.4, 0.5) is 13.2 Å². The minimum absolute atomic E-state index is 0.0204. The van der Waals surface area contributed by atoms with Crippen LogP contribution in [0.1, 0.15) is 29.9 Å². The van der Waals surface area contributed by atoms with E-state index in [1.54, 1.807) is 12.1 Å². The molecule has 0 heterocycles. The minimum Gasteiger partial charge on any atom is -0.481 e. The average molecular weight is 417 g/mol. The molecule has 0 fully saturated rings. The van der Waals surface area contributed by atoms with E-state index >= 15 is 0 Å². The van der Waals surface area contributed by atoms with Crippen LogP contribution in [0.15, 0.2) is 46.9 Å². The van der Waals surface area contributed by atoms with Crippen LogP contribution in [0, 0.1) is 6.92 Å². The summed E-state index contributed by atoms with van der Waals surface area (Å²) in [5.74, 6) is -2.06. The molecule has 0 radical (unpaired) electrons. The first-order valence-electron chi connectivity index (χ1n) is 7.50. The molecule has 134 valence electrons. The van der Waals surface area contributed by atoms with E-state index in [4.69, 9.17) is 9.84 Å². The van der Waals surface area contributed by atoms with Crippen molar-refractivity contribution in [1.29, 1.82) is 0 Å². The number of carbonyl (C=O) groups is 1. The summed E-state index contributed by atoms with van der Waals surface area (Å²) in [4.78, 5) is 10.6. The van der Waals surface area contributed by atoms with E-state index in [1.165, 1.54) is 24.3 Å². The fourth-order valence-electron chi connectivity index (χ4n) is 2.38. The van der Waals surface area contributed by atoms with Gasteiger partial charge in [0.15, 0.2) is 0 Å². The van der Waals surface area contributed by atoms with Crippen LogP contribution in [0.5, 0.6) is 11.5 Å². The first-order valence-corrected chi connectivity index (χ1v) is 8.29. The van der Waals surface area contributed by atoms with Crippen molar-refractivity contribution in [2.75, 3.05) is 0 Å². The van der Waals surface area contributed by atoms with E-state index in [0.29, 0.717) is 11.5 Å². The normalized spacial score (nSPS) is 12.7. The lowest BCUT2D eigenvalue weighted by molar-refractivity contribution is -0.154. The van der Waals surface area contributed by atoms with Gasteiger partial charge in [0.25, 0.3) is 0 Å². The van der Waals surface area contributed by atoms with Gasteiger partial charge in [0.05, 0.1) is 5.92 Å². The van der Waals surface area contributed by atoms with Crippen molar-refractivity contribution >= 4 is 21.9 Å². The number of aliphatic carboxylic acids is 1. The molecule has 0 bridgehead atoms. The van der Waals surface area contributed by atoms with E-state index < -0.39 is 30.9 Å². The molecule has 7 heteroatoms. The Morgan fingerprint density at radius 1 is 1.20 bits per heavy atom. The third-order valence-corrected chi connectivity index (χ3v) is 4.63. The van der Waals surface area contributed by atoms with E-state index in [0.717, 1.165) is 10.0 Å². The number of alkyl halides is 3. The predicted molar refractivity (Wildman–Crippen MR) is 91.1 cm³/mol. The maximum atomic E-state index is 13.2. The van der Waals surface area contributed by atoms with Crippen molar-refractivity contribution in [3.8, 4) is 11.5 Å². The van der Waals surface area contributed by atoms with Gasteiger partial charge < -0.3 is 9.84 Å². The summed E-state index contributed by atoms with van der Waals surface area (Å²) in [5.41, 5.74) is 0.897. The molecular weight excluding hydrogens is 401 g/mol. The molecule has 0 spiro atoms. The van der Waals surface area contributed by atoms with E-state index in [9.17, 15) is 18.0 Å². The summed E-state index contributed by atoms with van der Waals surface area (Å²) in [6.45, 7) is 1.86. The quantitative estimate of drug-likeness (QED) is 0.622. The van der Waals surface area contributed by atoms with Crippen LogP contribution in [0.3, 0.4) is 0 Å². The molecule has 25 heavy (non-hydrogen) atoms. The lowest BCUT2D eigenvalue weighted by atomic mass is 9.93. The molecule has 0 aliphatic carbocycles. The molecule has 2 aromatic rings. The first kappa shape index (κ1) is 19.3. The van der Waals surface area contributed by atoms with Gasteiger partial charge in [-0.3, -0.25) is 4.79 Å². The summed E-state index contributed by atoms with van der Waals surface area (Å²) in [6, 6.07) is 11.0. The molecule has 0 aromatic heterocycles. The van der Waals surface area contributed by atoms with Gasteiger partial charge in [-0.15, -0.1) is 0 Å². The highest BCUT2D eigenvalue weighted by molar-refractivity contribution is 9.10. The first-order chi connectivity index (χ1) is 11.7. The number of carboxylic acids is 1. The van der Waals surface area contributed by atoms with Gasteiger partial charge in [-0.1, -0.05) is 34.1 Å². The van der Waals surface area contributed by atoms with Crippen LogP contribution < -0.4 is 4.74 Å². The Hall–Kier alpha value is -2.02. The Bertz CT molecular complexity index is 742. The van der Waals surface area contributed by atoms with Gasteiger partial charge in [0.2, 0.25) is 0 Å². The molecule has 1 N–H and O–H groups in total. The molecule has 2 rings (SSSR count). The van der Waals surface area contributed by atoms with Crippen molar-refractivity contribution in [2.24, 2.45) is 0 Å². The van der Waals surface area contributed by atoms with Crippen molar-refractivity contribution in [3.63, 3.8) is 0 Å². The van der Waals surface area contributed by atoms with Gasteiger partial charge in [0, 0.05) is 16.5 Å². The standard InChI is InChI=1S/C18H16BrF3O3/c1-11-15(19)3-2-4-16(11)25-13-7-5-12(6-8-13)14(18(20,21)22)9-10-17(23)24/h2-8,14H,9-10H2,1H3,(H,23,24)/t14-/m1/s1. The van der Waals surface area contributed by atoms with Gasteiger partial charge >= 0.3 is 12.1 Å². The summed E-state index contributed by atoms with van der Waals surface area (Å²) < 4.78 is 46.1. The molecule has 0 aliphatic heterocycles. The molecule has 3 nitrogen and oxygen atoms in total. The minimum atomic E-state index is -4.50. The second-order valence-corrected chi connectivity index (χ2v) is 6.42. The van der Waals surface area contributed by atoms with Gasteiger partial charge in [0.1, 0.15) is 11.5 Å². The molecule has 0 saturated heterocycles. The Kier molecular flexibility index (Phi) is 6.11. The fourth-order valence-corrected chi connectivity index (χ4v) is 2.73. The number of carboxylic acid groups (broad SMARTS) is 1. The van der Waals surface area contributed by atoms with Crippen molar-refractivity contribution < 1.29 is 27.8 Å². The zero-order valence-electron chi connectivity index (χ0n) is 13.3. The molecule has 0 amide bonds. The van der Waals surface area contributed by atoms with Crippen LogP contribution >= 0.6 is 15.9 Å². The van der Waals surface area contributed by atoms with Gasteiger partial charge in [-0.2, -0.15) is 13.2 Å². The number of hydrogen-bond donors (Lipinski definition) is 1. The molecule has 2 aromatic carbocycles. The molecule has 0 unspecified atom stereocenters. The zero-order valence-corrected chi connectivity index (χ0v) is 14.9.